The van der Waals surface area contributed by atoms with E-state index >= 15 is 0 Å². The summed E-state index contributed by atoms with van der Waals surface area (Å²) >= 11 is 2.10. The van der Waals surface area contributed by atoms with Crippen LogP contribution in [0.1, 0.15) is 38.5 Å². The maximum atomic E-state index is 6.03. The van der Waals surface area contributed by atoms with Crippen molar-refractivity contribution in [1.82, 2.24) is 4.90 Å². The molecule has 2 rings (SSSR count). The van der Waals surface area contributed by atoms with Crippen LogP contribution in [0.3, 0.4) is 0 Å². The highest BCUT2D eigenvalue weighted by molar-refractivity contribution is 7.99. The summed E-state index contributed by atoms with van der Waals surface area (Å²) in [5.74, 6) is 2.66. The zero-order valence-electron chi connectivity index (χ0n) is 10.4. The molecule has 0 aromatic heterocycles. The fourth-order valence-corrected chi connectivity index (χ4v) is 4.06. The fourth-order valence-electron chi connectivity index (χ4n) is 3.08. The summed E-state index contributed by atoms with van der Waals surface area (Å²) in [5.41, 5.74) is 6.53. The molecule has 0 aromatic carbocycles. The highest BCUT2D eigenvalue weighted by Crippen LogP contribution is 2.38. The molecule has 0 spiro atoms. The molecule has 0 radical (unpaired) electrons. The number of nitrogens with zero attached hydrogens (tertiary/aromatic N) is 1. The Bertz CT molecular complexity index is 196. The molecule has 0 atom stereocenters. The monoisotopic (exact) mass is 242 g/mol. The Hall–Kier alpha value is 0.270. The second kappa shape index (κ2) is 6.27. The van der Waals surface area contributed by atoms with Crippen LogP contribution in [0.25, 0.3) is 0 Å². The summed E-state index contributed by atoms with van der Waals surface area (Å²) in [4.78, 5) is 2.64. The van der Waals surface area contributed by atoms with Gasteiger partial charge >= 0.3 is 0 Å². The van der Waals surface area contributed by atoms with E-state index in [-0.39, 0.29) is 0 Å². The molecule has 3 heteroatoms. The van der Waals surface area contributed by atoms with Gasteiger partial charge < -0.3 is 10.6 Å². The second-order valence-corrected chi connectivity index (χ2v) is 6.69. The van der Waals surface area contributed by atoms with E-state index in [4.69, 9.17) is 5.73 Å². The van der Waals surface area contributed by atoms with Gasteiger partial charge in [0.25, 0.3) is 0 Å². The van der Waals surface area contributed by atoms with E-state index in [1.807, 2.05) is 0 Å². The molecule has 0 amide bonds. The first-order valence-electron chi connectivity index (χ1n) is 6.85. The third kappa shape index (κ3) is 3.38. The van der Waals surface area contributed by atoms with Crippen LogP contribution in [0.4, 0.5) is 0 Å². The van der Waals surface area contributed by atoms with E-state index in [0.717, 1.165) is 6.54 Å². The van der Waals surface area contributed by atoms with Crippen molar-refractivity contribution in [2.45, 2.75) is 38.5 Å². The molecule has 0 unspecified atom stereocenters. The van der Waals surface area contributed by atoms with E-state index in [9.17, 15) is 0 Å². The highest BCUT2D eigenvalue weighted by Gasteiger charge is 2.30. The molecular weight excluding hydrogens is 216 g/mol. The van der Waals surface area contributed by atoms with Gasteiger partial charge in [0.1, 0.15) is 0 Å². The number of nitrogens with two attached hydrogens (primary N) is 1. The predicted octanol–water partition coefficient (Wildman–Crippen LogP) is 2.33. The largest absolute Gasteiger partial charge is 0.330 e. The minimum Gasteiger partial charge on any atom is -0.330 e. The van der Waals surface area contributed by atoms with Crippen molar-refractivity contribution in [3.8, 4) is 0 Å². The average Bonchev–Trinajstić information content (AvgIpc) is 2.39. The molecule has 1 saturated heterocycles. The molecular formula is C13H26N2S. The second-order valence-electron chi connectivity index (χ2n) is 5.47. The molecule has 1 aliphatic carbocycles. The van der Waals surface area contributed by atoms with Gasteiger partial charge in [0, 0.05) is 24.6 Å². The van der Waals surface area contributed by atoms with Crippen LogP contribution in [0, 0.1) is 5.41 Å². The SMILES string of the molecule is NCC1(CCN2CCSCC2)CCCCC1. The molecule has 2 fully saturated rings. The first-order chi connectivity index (χ1) is 7.85. The highest BCUT2D eigenvalue weighted by atomic mass is 32.2. The van der Waals surface area contributed by atoms with Crippen molar-refractivity contribution in [2.24, 2.45) is 11.1 Å². The molecule has 2 N–H and O–H groups in total. The standard InChI is InChI=1S/C13H26N2S/c14-12-13(4-2-1-3-5-13)6-7-15-8-10-16-11-9-15/h1-12,14H2. The summed E-state index contributed by atoms with van der Waals surface area (Å²) in [6, 6.07) is 0. The van der Waals surface area contributed by atoms with Crippen molar-refractivity contribution < 1.29 is 0 Å². The number of hydrogen-bond donors (Lipinski definition) is 1. The Morgan fingerprint density at radius 1 is 1.06 bits per heavy atom. The van der Waals surface area contributed by atoms with Crippen LogP contribution in [-0.2, 0) is 0 Å². The topological polar surface area (TPSA) is 29.3 Å². The predicted molar refractivity (Wildman–Crippen MR) is 73.0 cm³/mol. The van der Waals surface area contributed by atoms with Crippen molar-refractivity contribution in [3.63, 3.8) is 0 Å². The number of hydrogen-bond acceptors (Lipinski definition) is 3. The van der Waals surface area contributed by atoms with Crippen LogP contribution >= 0.6 is 11.8 Å². The lowest BCUT2D eigenvalue weighted by Gasteiger charge is -2.38. The molecule has 1 saturated carbocycles. The normalized spacial score (nSPS) is 26.8. The van der Waals surface area contributed by atoms with Gasteiger partial charge in [-0.05, 0) is 37.8 Å². The molecule has 1 aliphatic heterocycles. The first-order valence-corrected chi connectivity index (χ1v) is 8.00. The lowest BCUT2D eigenvalue weighted by atomic mass is 9.72. The summed E-state index contributed by atoms with van der Waals surface area (Å²) in [5, 5.41) is 0. The summed E-state index contributed by atoms with van der Waals surface area (Å²) in [6.45, 7) is 4.80. The Morgan fingerprint density at radius 2 is 1.75 bits per heavy atom. The van der Waals surface area contributed by atoms with Crippen LogP contribution < -0.4 is 5.73 Å². The minimum atomic E-state index is 0.503. The zero-order valence-corrected chi connectivity index (χ0v) is 11.2. The Morgan fingerprint density at radius 3 is 2.38 bits per heavy atom. The maximum Gasteiger partial charge on any atom is 0.00727 e. The fraction of sp³-hybridized carbons (Fsp3) is 1.00. The third-order valence-electron chi connectivity index (χ3n) is 4.41. The molecule has 94 valence electrons. The number of rotatable bonds is 4. The molecule has 2 aliphatic rings. The molecule has 0 aromatic rings. The lowest BCUT2D eigenvalue weighted by molar-refractivity contribution is 0.151. The average molecular weight is 242 g/mol. The molecule has 2 nitrogen and oxygen atoms in total. The number of thioether (sulfide) groups is 1. The Labute approximate surface area is 104 Å². The zero-order chi connectivity index (χ0) is 11.3. The minimum absolute atomic E-state index is 0.503. The van der Waals surface area contributed by atoms with Crippen molar-refractivity contribution in [1.29, 1.82) is 0 Å². The van der Waals surface area contributed by atoms with Crippen LogP contribution in [0.2, 0.25) is 0 Å². The van der Waals surface area contributed by atoms with Gasteiger partial charge in [-0.2, -0.15) is 11.8 Å². The van der Waals surface area contributed by atoms with Gasteiger partial charge in [-0.15, -0.1) is 0 Å². The van der Waals surface area contributed by atoms with Gasteiger partial charge in [-0.25, -0.2) is 0 Å². The summed E-state index contributed by atoms with van der Waals surface area (Å²) in [6.07, 6.45) is 8.36. The van der Waals surface area contributed by atoms with Gasteiger partial charge in [0.05, 0.1) is 0 Å². The molecule has 1 heterocycles. The van der Waals surface area contributed by atoms with E-state index in [1.165, 1.54) is 69.7 Å². The van der Waals surface area contributed by atoms with Crippen molar-refractivity contribution in [2.75, 3.05) is 37.7 Å². The van der Waals surface area contributed by atoms with Gasteiger partial charge in [0.2, 0.25) is 0 Å². The van der Waals surface area contributed by atoms with Crippen molar-refractivity contribution in [3.05, 3.63) is 0 Å². The lowest BCUT2D eigenvalue weighted by Crippen LogP contribution is -2.39. The quantitative estimate of drug-likeness (QED) is 0.820. The van der Waals surface area contributed by atoms with Crippen LogP contribution in [0.5, 0.6) is 0 Å². The molecule has 16 heavy (non-hydrogen) atoms. The van der Waals surface area contributed by atoms with E-state index < -0.39 is 0 Å². The summed E-state index contributed by atoms with van der Waals surface area (Å²) < 4.78 is 0. The van der Waals surface area contributed by atoms with E-state index in [0.29, 0.717) is 5.41 Å². The van der Waals surface area contributed by atoms with Gasteiger partial charge in [0.15, 0.2) is 0 Å². The van der Waals surface area contributed by atoms with Crippen LogP contribution in [0.15, 0.2) is 0 Å². The van der Waals surface area contributed by atoms with E-state index in [1.54, 1.807) is 0 Å². The van der Waals surface area contributed by atoms with Gasteiger partial charge in [-0.3, -0.25) is 0 Å². The maximum absolute atomic E-state index is 6.03. The smallest absolute Gasteiger partial charge is 0.00727 e. The third-order valence-corrected chi connectivity index (χ3v) is 5.35. The van der Waals surface area contributed by atoms with Crippen LogP contribution in [-0.4, -0.2) is 42.6 Å². The molecule has 0 bridgehead atoms. The summed E-state index contributed by atoms with van der Waals surface area (Å²) in [7, 11) is 0. The first kappa shape index (κ1) is 12.7. The Kier molecular flexibility index (Phi) is 4.98. The van der Waals surface area contributed by atoms with Gasteiger partial charge in [-0.1, -0.05) is 19.3 Å². The Balaban J connectivity index is 1.77. The van der Waals surface area contributed by atoms with E-state index in [2.05, 4.69) is 16.7 Å². The van der Waals surface area contributed by atoms with Crippen molar-refractivity contribution >= 4 is 11.8 Å².